The summed E-state index contributed by atoms with van der Waals surface area (Å²) in [7, 11) is 0. The molecule has 0 radical (unpaired) electrons. The fourth-order valence-electron chi connectivity index (χ4n) is 6.19. The summed E-state index contributed by atoms with van der Waals surface area (Å²) < 4.78 is 6.29. The van der Waals surface area contributed by atoms with Crippen LogP contribution in [0.5, 0.6) is 0 Å². The van der Waals surface area contributed by atoms with Gasteiger partial charge < -0.3 is 20.3 Å². The lowest BCUT2D eigenvalue weighted by Crippen LogP contribution is -2.56. The lowest BCUT2D eigenvalue weighted by molar-refractivity contribution is -0.167. The summed E-state index contributed by atoms with van der Waals surface area (Å²) in [5, 5.41) is 7.01. The highest BCUT2D eigenvalue weighted by Gasteiger charge is 2.45. The van der Waals surface area contributed by atoms with Gasteiger partial charge >= 0.3 is 5.97 Å². The van der Waals surface area contributed by atoms with E-state index in [9.17, 15) is 4.79 Å². The molecule has 32 heavy (non-hydrogen) atoms. The largest absolute Gasteiger partial charge is 0.460 e. The molecule has 3 heterocycles. The number of nitrogens with zero attached hydrogens (tertiary/aromatic N) is 1. The van der Waals surface area contributed by atoms with Crippen molar-refractivity contribution in [1.82, 2.24) is 15.5 Å². The highest BCUT2D eigenvalue weighted by Crippen LogP contribution is 2.42. The quantitative estimate of drug-likeness (QED) is 0.333. The van der Waals surface area contributed by atoms with E-state index in [1.165, 1.54) is 90.5 Å². The normalized spacial score (nSPS) is 25.6. The van der Waals surface area contributed by atoms with Crippen LogP contribution in [0.25, 0.3) is 0 Å². The molecule has 0 amide bonds. The fourth-order valence-corrected chi connectivity index (χ4v) is 6.19. The van der Waals surface area contributed by atoms with Crippen LogP contribution in [-0.4, -0.2) is 62.8 Å². The monoisotopic (exact) mass is 449 g/mol. The number of hydrogen-bond donors (Lipinski definition) is 2. The Morgan fingerprint density at radius 3 is 2.41 bits per heavy atom. The number of nitrogens with one attached hydrogen (secondary N) is 2. The molecule has 2 N–H and O–H groups in total. The Morgan fingerprint density at radius 1 is 0.969 bits per heavy atom. The van der Waals surface area contributed by atoms with Gasteiger partial charge in [-0.3, -0.25) is 4.79 Å². The first-order valence-corrected chi connectivity index (χ1v) is 14.0. The van der Waals surface area contributed by atoms with Crippen LogP contribution in [0.1, 0.15) is 97.3 Å². The third-order valence-corrected chi connectivity index (χ3v) is 8.63. The Kier molecular flexibility index (Phi) is 11.3. The molecule has 3 aliphatic heterocycles. The second kappa shape index (κ2) is 13.9. The molecule has 1 spiro atoms. The van der Waals surface area contributed by atoms with Crippen molar-refractivity contribution < 1.29 is 9.53 Å². The van der Waals surface area contributed by atoms with Gasteiger partial charge in [-0.25, -0.2) is 0 Å². The molecular formula is C27H51N3O2. The topological polar surface area (TPSA) is 53.6 Å². The highest BCUT2D eigenvalue weighted by molar-refractivity contribution is 5.72. The smallest absolute Gasteiger partial charge is 0.309 e. The summed E-state index contributed by atoms with van der Waals surface area (Å²) in [5.74, 6) is 1.02. The van der Waals surface area contributed by atoms with Gasteiger partial charge in [-0.2, -0.15) is 0 Å². The number of likely N-dealkylation sites (tertiary alicyclic amines) is 1. The van der Waals surface area contributed by atoms with Crippen LogP contribution in [0.3, 0.4) is 0 Å². The molecule has 5 heteroatoms. The lowest BCUT2D eigenvalue weighted by atomic mass is 9.69. The van der Waals surface area contributed by atoms with Crippen LogP contribution in [0.15, 0.2) is 0 Å². The van der Waals surface area contributed by atoms with E-state index in [0.29, 0.717) is 0 Å². The Hall–Kier alpha value is -0.650. The van der Waals surface area contributed by atoms with Crippen LogP contribution >= 0.6 is 0 Å². The number of rotatable bonds is 12. The van der Waals surface area contributed by atoms with Crippen LogP contribution in [0, 0.1) is 17.3 Å². The van der Waals surface area contributed by atoms with Crippen molar-refractivity contribution in [3.63, 3.8) is 0 Å². The van der Waals surface area contributed by atoms with Crippen molar-refractivity contribution in [2.75, 3.05) is 45.8 Å². The summed E-state index contributed by atoms with van der Waals surface area (Å²) in [6.45, 7) is 12.3. The molecule has 3 rings (SSSR count). The molecule has 186 valence electrons. The summed E-state index contributed by atoms with van der Waals surface area (Å²) in [5.41, 5.74) is 0.198. The second-order valence-corrected chi connectivity index (χ2v) is 10.9. The first-order chi connectivity index (χ1) is 15.7. The number of esters is 1. The van der Waals surface area contributed by atoms with Gasteiger partial charge in [0.2, 0.25) is 0 Å². The van der Waals surface area contributed by atoms with E-state index in [4.69, 9.17) is 4.74 Å². The van der Waals surface area contributed by atoms with Gasteiger partial charge in [0.25, 0.3) is 0 Å². The minimum atomic E-state index is 0.0587. The van der Waals surface area contributed by atoms with Crippen molar-refractivity contribution in [1.29, 1.82) is 0 Å². The summed E-state index contributed by atoms with van der Waals surface area (Å²) >= 11 is 0. The lowest BCUT2D eigenvalue weighted by Gasteiger charge is -2.49. The van der Waals surface area contributed by atoms with Crippen LogP contribution in [-0.2, 0) is 9.53 Å². The molecule has 3 fully saturated rings. The number of carbonyl (C=O) groups excluding carboxylic acids is 1. The number of hydrogen-bond acceptors (Lipinski definition) is 5. The van der Waals surface area contributed by atoms with Crippen molar-refractivity contribution >= 4 is 5.97 Å². The molecule has 5 nitrogen and oxygen atoms in total. The van der Waals surface area contributed by atoms with E-state index in [0.717, 1.165) is 44.7 Å². The maximum Gasteiger partial charge on any atom is 0.309 e. The molecule has 3 aliphatic rings. The van der Waals surface area contributed by atoms with Crippen molar-refractivity contribution in [2.24, 2.45) is 17.3 Å². The van der Waals surface area contributed by atoms with E-state index in [2.05, 4.69) is 29.4 Å². The number of piperidine rings is 3. The minimum Gasteiger partial charge on any atom is -0.460 e. The Bertz CT molecular complexity index is 527. The van der Waals surface area contributed by atoms with Crippen LogP contribution in [0.4, 0.5) is 0 Å². The van der Waals surface area contributed by atoms with Crippen LogP contribution < -0.4 is 10.6 Å². The van der Waals surface area contributed by atoms with E-state index in [1.807, 2.05) is 0 Å². The van der Waals surface area contributed by atoms with Crippen LogP contribution in [0.2, 0.25) is 0 Å². The third kappa shape index (κ3) is 7.70. The summed E-state index contributed by atoms with van der Waals surface area (Å²) in [4.78, 5) is 15.8. The molecular weight excluding hydrogens is 398 g/mol. The first-order valence-electron chi connectivity index (χ1n) is 14.0. The van der Waals surface area contributed by atoms with Gasteiger partial charge in [-0.15, -0.1) is 0 Å². The van der Waals surface area contributed by atoms with E-state index in [1.54, 1.807) is 0 Å². The average molecular weight is 450 g/mol. The van der Waals surface area contributed by atoms with E-state index < -0.39 is 0 Å². The zero-order valence-electron chi connectivity index (χ0n) is 21.1. The Labute approximate surface area is 197 Å². The van der Waals surface area contributed by atoms with Crippen molar-refractivity contribution in [3.05, 3.63) is 0 Å². The predicted octanol–water partition coefficient (Wildman–Crippen LogP) is 4.75. The van der Waals surface area contributed by atoms with Gasteiger partial charge in [-0.05, 0) is 83.6 Å². The SMILES string of the molecule is CCCCCCCCC(CC)C(=O)OC1CNCCC12CCN(CC1CCNCC1)CC2. The molecule has 0 aromatic heterocycles. The molecule has 0 aromatic rings. The van der Waals surface area contributed by atoms with Gasteiger partial charge in [0.1, 0.15) is 6.10 Å². The fraction of sp³-hybridized carbons (Fsp3) is 0.963. The summed E-state index contributed by atoms with van der Waals surface area (Å²) in [6, 6.07) is 0. The number of carbonyl (C=O) groups is 1. The first kappa shape index (κ1) is 26.0. The van der Waals surface area contributed by atoms with E-state index in [-0.39, 0.29) is 23.4 Å². The maximum absolute atomic E-state index is 13.1. The highest BCUT2D eigenvalue weighted by atomic mass is 16.5. The molecule has 0 aromatic carbocycles. The molecule has 2 unspecified atom stereocenters. The number of ether oxygens (including phenoxy) is 1. The zero-order chi connectivity index (χ0) is 22.7. The van der Waals surface area contributed by atoms with Crippen molar-refractivity contribution in [2.45, 2.75) is 103 Å². The number of unbranched alkanes of at least 4 members (excludes halogenated alkanes) is 5. The average Bonchev–Trinajstić information content (AvgIpc) is 2.82. The maximum atomic E-state index is 13.1. The zero-order valence-corrected chi connectivity index (χ0v) is 21.1. The second-order valence-electron chi connectivity index (χ2n) is 10.9. The molecule has 0 aliphatic carbocycles. The minimum absolute atomic E-state index is 0.0587. The van der Waals surface area contributed by atoms with Gasteiger partial charge in [0.05, 0.1) is 5.92 Å². The molecule has 0 saturated carbocycles. The van der Waals surface area contributed by atoms with E-state index >= 15 is 0 Å². The molecule has 0 bridgehead atoms. The Balaban J connectivity index is 1.45. The summed E-state index contributed by atoms with van der Waals surface area (Å²) in [6.07, 6.45) is 15.8. The molecule has 3 saturated heterocycles. The van der Waals surface area contributed by atoms with Crippen molar-refractivity contribution in [3.8, 4) is 0 Å². The van der Waals surface area contributed by atoms with Gasteiger partial charge in [-0.1, -0.05) is 52.4 Å². The standard InChI is InChI=1S/C27H51N3O2/c1-3-5-6-7-8-9-10-24(4-2)26(31)32-25-21-29-18-13-27(25)14-19-30(20-15-27)22-23-11-16-28-17-12-23/h23-25,28-29H,3-22H2,1-2H3. The van der Waals surface area contributed by atoms with Gasteiger partial charge in [0.15, 0.2) is 0 Å². The Morgan fingerprint density at radius 2 is 1.69 bits per heavy atom. The molecule has 2 atom stereocenters. The van der Waals surface area contributed by atoms with Gasteiger partial charge in [0, 0.05) is 18.5 Å². The predicted molar refractivity (Wildman–Crippen MR) is 133 cm³/mol. The third-order valence-electron chi connectivity index (χ3n) is 8.63.